The van der Waals surface area contributed by atoms with Gasteiger partial charge < -0.3 is 19.5 Å². The van der Waals surface area contributed by atoms with Gasteiger partial charge in [0.15, 0.2) is 11.0 Å². The van der Waals surface area contributed by atoms with E-state index < -0.39 is 0 Å². The average molecular weight is 555 g/mol. The zero-order valence-electron chi connectivity index (χ0n) is 23.4. The molecule has 2 aromatic rings. The molecule has 210 valence electrons. The van der Waals surface area contributed by atoms with Gasteiger partial charge in [0.05, 0.1) is 28.4 Å². The monoisotopic (exact) mass is 554 g/mol. The number of amides is 1. The van der Waals surface area contributed by atoms with E-state index in [4.69, 9.17) is 14.2 Å². The van der Waals surface area contributed by atoms with E-state index in [2.05, 4.69) is 26.8 Å². The number of esters is 1. The highest BCUT2D eigenvalue weighted by Crippen LogP contribution is 2.35. The molecule has 10 heteroatoms. The van der Waals surface area contributed by atoms with Crippen molar-refractivity contribution >= 4 is 40.0 Å². The van der Waals surface area contributed by atoms with Crippen LogP contribution in [0.25, 0.3) is 11.6 Å². The minimum atomic E-state index is -0.288. The Bertz CT molecular complexity index is 1210. The molecule has 0 unspecified atom stereocenters. The summed E-state index contributed by atoms with van der Waals surface area (Å²) in [5, 5.41) is 3.55. The number of hydrogen-bond donors (Lipinski definition) is 1. The van der Waals surface area contributed by atoms with Gasteiger partial charge in [0.25, 0.3) is 0 Å². The van der Waals surface area contributed by atoms with Crippen LogP contribution in [-0.4, -0.2) is 50.7 Å². The third-order valence-electron chi connectivity index (χ3n) is 6.73. The van der Waals surface area contributed by atoms with Crippen LogP contribution in [0.15, 0.2) is 25.0 Å². The average Bonchev–Trinajstić information content (AvgIpc) is 3.42. The lowest BCUT2D eigenvalue weighted by molar-refractivity contribution is -0.153. The van der Waals surface area contributed by atoms with E-state index in [0.717, 1.165) is 53.8 Å². The molecule has 0 aliphatic heterocycles. The standard InChI is InChI=1S/C29H38N4O5S/c1-7-19(21-14-30-26(31-15-21)16-36-23-9-8-10-24(23)37-18(3)34)13-25-17(2)32-28(39-25)33-27(35)20-11-22(12-20)38-29(4,5)6/h7,13-15,20,22-24H,1,8-12,16H2,2-6H3,(H,32,33,35)/b19-13+/t20?,22?,23-,24-/m0/s1. The number of allylic oxidation sites excluding steroid dienone is 2. The molecule has 1 amide bonds. The summed E-state index contributed by atoms with van der Waals surface area (Å²) in [7, 11) is 0. The number of rotatable bonds is 10. The van der Waals surface area contributed by atoms with E-state index >= 15 is 0 Å². The molecule has 0 bridgehead atoms. The number of aryl methyl sites for hydroxylation is 1. The molecule has 2 aromatic heterocycles. The van der Waals surface area contributed by atoms with Crippen molar-refractivity contribution < 1.29 is 23.8 Å². The molecule has 2 atom stereocenters. The smallest absolute Gasteiger partial charge is 0.302 e. The first-order chi connectivity index (χ1) is 18.5. The topological polar surface area (TPSA) is 113 Å². The van der Waals surface area contributed by atoms with Crippen LogP contribution in [0.1, 0.15) is 81.8 Å². The summed E-state index contributed by atoms with van der Waals surface area (Å²) in [5.41, 5.74) is 2.28. The van der Waals surface area contributed by atoms with Crippen LogP contribution in [0.2, 0.25) is 0 Å². The van der Waals surface area contributed by atoms with Crippen molar-refractivity contribution in [3.05, 3.63) is 47.0 Å². The van der Waals surface area contributed by atoms with Crippen LogP contribution in [0.5, 0.6) is 0 Å². The minimum absolute atomic E-state index is 0.0139. The number of thiazole rings is 1. The molecule has 2 aliphatic rings. The maximum Gasteiger partial charge on any atom is 0.302 e. The van der Waals surface area contributed by atoms with Crippen molar-refractivity contribution in [3.8, 4) is 0 Å². The second-order valence-electron chi connectivity index (χ2n) is 11.1. The largest absolute Gasteiger partial charge is 0.460 e. The van der Waals surface area contributed by atoms with E-state index in [0.29, 0.717) is 11.0 Å². The van der Waals surface area contributed by atoms with Crippen molar-refractivity contribution in [2.24, 2.45) is 5.92 Å². The van der Waals surface area contributed by atoms with Gasteiger partial charge in [-0.3, -0.25) is 9.59 Å². The molecule has 9 nitrogen and oxygen atoms in total. The Morgan fingerprint density at radius 2 is 1.87 bits per heavy atom. The molecule has 0 spiro atoms. The zero-order chi connectivity index (χ0) is 28.2. The molecule has 2 saturated carbocycles. The maximum absolute atomic E-state index is 12.7. The minimum Gasteiger partial charge on any atom is -0.460 e. The fourth-order valence-corrected chi connectivity index (χ4v) is 5.69. The molecular formula is C29H38N4O5S. The summed E-state index contributed by atoms with van der Waals surface area (Å²) in [6.07, 6.45) is 11.1. The van der Waals surface area contributed by atoms with Crippen LogP contribution in [0, 0.1) is 12.8 Å². The van der Waals surface area contributed by atoms with Gasteiger partial charge in [-0.2, -0.15) is 0 Å². The molecule has 2 fully saturated rings. The predicted molar refractivity (Wildman–Crippen MR) is 151 cm³/mol. The number of anilines is 1. The number of ether oxygens (including phenoxy) is 3. The molecule has 39 heavy (non-hydrogen) atoms. The van der Waals surface area contributed by atoms with Gasteiger partial charge in [0.1, 0.15) is 12.7 Å². The molecular weight excluding hydrogens is 516 g/mol. The van der Waals surface area contributed by atoms with Crippen LogP contribution in [0.3, 0.4) is 0 Å². The number of aromatic nitrogens is 3. The molecule has 0 radical (unpaired) electrons. The Hall–Kier alpha value is -2.95. The van der Waals surface area contributed by atoms with Crippen LogP contribution in [-0.2, 0) is 30.4 Å². The second kappa shape index (κ2) is 12.5. The van der Waals surface area contributed by atoms with Crippen molar-refractivity contribution in [2.45, 2.75) is 97.2 Å². The van der Waals surface area contributed by atoms with Gasteiger partial charge in [-0.25, -0.2) is 15.0 Å². The summed E-state index contributed by atoms with van der Waals surface area (Å²) >= 11 is 1.42. The van der Waals surface area contributed by atoms with E-state index in [1.165, 1.54) is 18.3 Å². The molecule has 0 aromatic carbocycles. The molecule has 2 heterocycles. The van der Waals surface area contributed by atoms with Gasteiger partial charge in [-0.15, -0.1) is 0 Å². The first kappa shape index (κ1) is 29.0. The Balaban J connectivity index is 1.33. The van der Waals surface area contributed by atoms with Crippen LogP contribution >= 0.6 is 11.3 Å². The summed E-state index contributed by atoms with van der Waals surface area (Å²) in [6, 6.07) is 0. The SMILES string of the molecule is C=C/C(=C\c1sc(NC(=O)C2CC(OC(C)(C)C)C2)nc1C)c1cnc(CO[C@H]2CCC[C@@H]2OC(C)=O)nc1. The highest BCUT2D eigenvalue weighted by Gasteiger charge is 2.37. The summed E-state index contributed by atoms with van der Waals surface area (Å²) in [6.45, 7) is 13.6. The molecule has 4 rings (SSSR count). The van der Waals surface area contributed by atoms with E-state index in [1.807, 2.05) is 33.8 Å². The van der Waals surface area contributed by atoms with Gasteiger partial charge in [-0.05, 0) is 71.4 Å². The third kappa shape index (κ3) is 8.03. The van der Waals surface area contributed by atoms with Gasteiger partial charge in [-0.1, -0.05) is 24.0 Å². The number of hydrogen-bond acceptors (Lipinski definition) is 9. The fourth-order valence-electron chi connectivity index (χ4n) is 4.77. The van der Waals surface area contributed by atoms with Crippen LogP contribution in [0.4, 0.5) is 5.13 Å². The van der Waals surface area contributed by atoms with Crippen LogP contribution < -0.4 is 5.32 Å². The summed E-state index contributed by atoms with van der Waals surface area (Å²) < 4.78 is 17.2. The van der Waals surface area contributed by atoms with Gasteiger partial charge in [0, 0.05) is 30.8 Å². The Labute approximate surface area is 234 Å². The summed E-state index contributed by atoms with van der Waals surface area (Å²) in [4.78, 5) is 38.4. The van der Waals surface area contributed by atoms with E-state index in [-0.39, 0.29) is 48.3 Å². The second-order valence-corrected chi connectivity index (χ2v) is 12.1. The number of carbonyl (C=O) groups is 2. The lowest BCUT2D eigenvalue weighted by atomic mass is 9.81. The molecule has 1 N–H and O–H groups in total. The summed E-state index contributed by atoms with van der Waals surface area (Å²) in [5.74, 6) is 0.203. The quantitative estimate of drug-likeness (QED) is 0.303. The first-order valence-corrected chi connectivity index (χ1v) is 14.2. The highest BCUT2D eigenvalue weighted by molar-refractivity contribution is 7.16. The lowest BCUT2D eigenvalue weighted by Gasteiger charge is -2.38. The Morgan fingerprint density at radius 1 is 1.18 bits per heavy atom. The predicted octanol–water partition coefficient (Wildman–Crippen LogP) is 5.50. The zero-order valence-corrected chi connectivity index (χ0v) is 24.2. The van der Waals surface area contributed by atoms with Gasteiger partial charge in [0.2, 0.25) is 5.91 Å². The Morgan fingerprint density at radius 3 is 2.51 bits per heavy atom. The van der Waals surface area contributed by atoms with E-state index in [9.17, 15) is 9.59 Å². The van der Waals surface area contributed by atoms with Crippen molar-refractivity contribution in [3.63, 3.8) is 0 Å². The number of nitrogens with one attached hydrogen (secondary N) is 1. The molecule has 2 aliphatic carbocycles. The maximum atomic E-state index is 12.7. The van der Waals surface area contributed by atoms with Crippen molar-refractivity contribution in [2.75, 3.05) is 5.32 Å². The Kier molecular flexibility index (Phi) is 9.30. The number of nitrogens with zero attached hydrogens (tertiary/aromatic N) is 3. The van der Waals surface area contributed by atoms with Crippen molar-refractivity contribution in [1.29, 1.82) is 0 Å². The lowest BCUT2D eigenvalue weighted by Crippen LogP contribution is -2.42. The normalized spacial score (nSPS) is 23.3. The third-order valence-corrected chi connectivity index (χ3v) is 7.75. The fraction of sp³-hybridized carbons (Fsp3) is 0.552. The highest BCUT2D eigenvalue weighted by atomic mass is 32.1. The van der Waals surface area contributed by atoms with Gasteiger partial charge >= 0.3 is 5.97 Å². The molecule has 0 saturated heterocycles. The first-order valence-electron chi connectivity index (χ1n) is 13.4. The number of carbonyl (C=O) groups excluding carboxylic acids is 2. The van der Waals surface area contributed by atoms with Crippen molar-refractivity contribution in [1.82, 2.24) is 15.0 Å². The van der Waals surface area contributed by atoms with E-state index in [1.54, 1.807) is 18.5 Å².